The summed E-state index contributed by atoms with van der Waals surface area (Å²) in [5.41, 5.74) is 5.58. The normalized spacial score (nSPS) is 9.89. The number of hydrogen-bond donors (Lipinski definition) is 1. The van der Waals surface area contributed by atoms with Crippen LogP contribution >= 0.6 is 0 Å². The summed E-state index contributed by atoms with van der Waals surface area (Å²) in [6.07, 6.45) is 1.38. The molecule has 0 saturated heterocycles. The lowest BCUT2D eigenvalue weighted by Crippen LogP contribution is -2.37. The molecule has 0 bridgehead atoms. The number of nitrogens with zero attached hydrogens (tertiary/aromatic N) is 2. The molecule has 1 rings (SSSR count). The van der Waals surface area contributed by atoms with Crippen LogP contribution in [-0.4, -0.2) is 42.0 Å². The highest BCUT2D eigenvalue weighted by molar-refractivity contribution is 5.81. The van der Waals surface area contributed by atoms with Crippen molar-refractivity contribution in [2.75, 3.05) is 26.4 Å². The Morgan fingerprint density at radius 3 is 2.72 bits per heavy atom. The molecule has 0 saturated carbocycles. The number of carbonyl (C=O) groups is 2. The van der Waals surface area contributed by atoms with Gasteiger partial charge in [0.1, 0.15) is 13.1 Å². The van der Waals surface area contributed by atoms with Gasteiger partial charge in [-0.1, -0.05) is 0 Å². The lowest BCUT2D eigenvalue weighted by atomic mass is 10.4. The lowest BCUT2D eigenvalue weighted by Gasteiger charge is -2.16. The Kier molecular flexibility index (Phi) is 4.47. The molecule has 0 atom stereocenters. The molecule has 7 nitrogen and oxygen atoms in total. The molecule has 98 valence electrons. The van der Waals surface area contributed by atoms with Crippen molar-refractivity contribution in [1.82, 2.24) is 9.47 Å². The number of nitrogens with two attached hydrogens (primary N) is 1. The molecule has 1 amide bonds. The molecule has 0 aliphatic carbocycles. The average molecular weight is 253 g/mol. The molecule has 1 aromatic heterocycles. The predicted molar refractivity (Wildman–Crippen MR) is 64.8 cm³/mol. The number of ether oxygens (including phenoxy) is 1. The summed E-state index contributed by atoms with van der Waals surface area (Å²) in [6, 6.07) is 2.74. The number of hydrogen-bond acceptors (Lipinski definition) is 5. The standard InChI is InChI=1S/C11H15N3O4/c1-13(7-11(17)18-2)10(16)6-14-5-8(12)3-4-9(14)15/h3-5H,6-7,12H2,1-2H3. The van der Waals surface area contributed by atoms with E-state index in [0.717, 1.165) is 0 Å². The molecule has 0 aromatic carbocycles. The number of methoxy groups -OCH3 is 1. The van der Waals surface area contributed by atoms with Gasteiger partial charge in [0.15, 0.2) is 0 Å². The number of amides is 1. The molecular weight excluding hydrogens is 238 g/mol. The summed E-state index contributed by atoms with van der Waals surface area (Å²) in [6.45, 7) is -0.330. The highest BCUT2D eigenvalue weighted by atomic mass is 16.5. The Hall–Kier alpha value is -2.31. The molecule has 18 heavy (non-hydrogen) atoms. The number of carbonyl (C=O) groups excluding carboxylic acids is 2. The first-order valence-corrected chi connectivity index (χ1v) is 5.20. The number of anilines is 1. The minimum Gasteiger partial charge on any atom is -0.468 e. The summed E-state index contributed by atoms with van der Waals surface area (Å²) >= 11 is 0. The molecule has 7 heteroatoms. The maximum absolute atomic E-state index is 11.7. The Morgan fingerprint density at radius 1 is 1.44 bits per heavy atom. The number of aromatic nitrogens is 1. The van der Waals surface area contributed by atoms with Crippen LogP contribution in [0.5, 0.6) is 0 Å². The first kappa shape index (κ1) is 13.8. The van der Waals surface area contributed by atoms with Gasteiger partial charge in [-0.25, -0.2) is 0 Å². The molecule has 0 aliphatic rings. The Morgan fingerprint density at radius 2 is 2.11 bits per heavy atom. The molecule has 0 spiro atoms. The molecule has 1 heterocycles. The largest absolute Gasteiger partial charge is 0.468 e. The zero-order valence-corrected chi connectivity index (χ0v) is 10.3. The van der Waals surface area contributed by atoms with Crippen molar-refractivity contribution in [3.8, 4) is 0 Å². The molecule has 0 aliphatic heterocycles. The van der Waals surface area contributed by atoms with E-state index in [0.29, 0.717) is 5.69 Å². The summed E-state index contributed by atoms with van der Waals surface area (Å²) in [5.74, 6) is -0.904. The third-order valence-corrected chi connectivity index (χ3v) is 2.33. The van der Waals surface area contributed by atoms with Crippen LogP contribution < -0.4 is 11.3 Å². The first-order chi connectivity index (χ1) is 8.43. The van der Waals surface area contributed by atoms with Crippen molar-refractivity contribution in [2.24, 2.45) is 0 Å². The highest BCUT2D eigenvalue weighted by Gasteiger charge is 2.14. The van der Waals surface area contributed by atoms with E-state index < -0.39 is 5.97 Å². The first-order valence-electron chi connectivity index (χ1n) is 5.20. The van der Waals surface area contributed by atoms with Gasteiger partial charge in [-0.05, 0) is 6.07 Å². The lowest BCUT2D eigenvalue weighted by molar-refractivity contribution is -0.146. The van der Waals surface area contributed by atoms with Crippen molar-refractivity contribution >= 4 is 17.6 Å². The van der Waals surface area contributed by atoms with Crippen molar-refractivity contribution < 1.29 is 14.3 Å². The van der Waals surface area contributed by atoms with Crippen LogP contribution in [0.2, 0.25) is 0 Å². The smallest absolute Gasteiger partial charge is 0.325 e. The van der Waals surface area contributed by atoms with Gasteiger partial charge in [-0.2, -0.15) is 0 Å². The van der Waals surface area contributed by atoms with Crippen LogP contribution in [-0.2, 0) is 20.9 Å². The molecule has 2 N–H and O–H groups in total. The van der Waals surface area contributed by atoms with Gasteiger partial charge in [0.2, 0.25) is 5.91 Å². The van der Waals surface area contributed by atoms with Gasteiger partial charge < -0.3 is 19.9 Å². The van der Waals surface area contributed by atoms with Gasteiger partial charge >= 0.3 is 5.97 Å². The summed E-state index contributed by atoms with van der Waals surface area (Å²) in [5, 5.41) is 0. The fraction of sp³-hybridized carbons (Fsp3) is 0.364. The van der Waals surface area contributed by atoms with E-state index in [1.165, 1.54) is 42.0 Å². The van der Waals surface area contributed by atoms with Crippen LogP contribution in [0.1, 0.15) is 0 Å². The minimum absolute atomic E-state index is 0.160. The molecule has 0 fully saturated rings. The van der Waals surface area contributed by atoms with E-state index in [2.05, 4.69) is 4.74 Å². The highest BCUT2D eigenvalue weighted by Crippen LogP contribution is 1.97. The van der Waals surface area contributed by atoms with Crippen LogP contribution in [0.4, 0.5) is 5.69 Å². The van der Waals surface area contributed by atoms with Crippen LogP contribution in [0, 0.1) is 0 Å². The Bertz CT molecular complexity index is 509. The van der Waals surface area contributed by atoms with Crippen LogP contribution in [0.3, 0.4) is 0 Å². The number of esters is 1. The van der Waals surface area contributed by atoms with E-state index in [4.69, 9.17) is 5.73 Å². The summed E-state index contributed by atoms with van der Waals surface area (Å²) in [7, 11) is 2.69. The molecule has 0 radical (unpaired) electrons. The quantitative estimate of drug-likeness (QED) is 0.699. The summed E-state index contributed by atoms with van der Waals surface area (Å²) < 4.78 is 5.63. The maximum atomic E-state index is 11.7. The van der Waals surface area contributed by atoms with E-state index >= 15 is 0 Å². The van der Waals surface area contributed by atoms with Gasteiger partial charge in [-0.15, -0.1) is 0 Å². The second-order valence-electron chi connectivity index (χ2n) is 3.75. The summed E-state index contributed by atoms with van der Waals surface area (Å²) in [4.78, 5) is 35.4. The number of rotatable bonds is 4. The average Bonchev–Trinajstić information content (AvgIpc) is 2.33. The zero-order valence-electron chi connectivity index (χ0n) is 10.3. The van der Waals surface area contributed by atoms with Gasteiger partial charge in [0.05, 0.1) is 7.11 Å². The Labute approximate surface area is 104 Å². The van der Waals surface area contributed by atoms with Crippen LogP contribution in [0.25, 0.3) is 0 Å². The number of pyridine rings is 1. The fourth-order valence-corrected chi connectivity index (χ4v) is 1.29. The fourth-order valence-electron chi connectivity index (χ4n) is 1.29. The number of nitrogen functional groups attached to an aromatic ring is 1. The van der Waals surface area contributed by atoms with Gasteiger partial charge in [0.25, 0.3) is 5.56 Å². The third-order valence-electron chi connectivity index (χ3n) is 2.33. The van der Waals surface area contributed by atoms with E-state index in [1.54, 1.807) is 0 Å². The second-order valence-corrected chi connectivity index (χ2v) is 3.75. The second kappa shape index (κ2) is 5.85. The zero-order chi connectivity index (χ0) is 13.7. The molecule has 0 unspecified atom stereocenters. The van der Waals surface area contributed by atoms with Crippen LogP contribution in [0.15, 0.2) is 23.1 Å². The third kappa shape index (κ3) is 3.62. The van der Waals surface area contributed by atoms with Crippen molar-refractivity contribution in [1.29, 1.82) is 0 Å². The SMILES string of the molecule is COC(=O)CN(C)C(=O)Cn1cc(N)ccc1=O. The van der Waals surface area contributed by atoms with Crippen molar-refractivity contribution in [3.05, 3.63) is 28.7 Å². The van der Waals surface area contributed by atoms with Gasteiger partial charge in [-0.3, -0.25) is 14.4 Å². The molecular formula is C11H15N3O4. The topological polar surface area (TPSA) is 94.6 Å². The minimum atomic E-state index is -0.522. The van der Waals surface area contributed by atoms with E-state index in [1.807, 2.05) is 0 Å². The van der Waals surface area contributed by atoms with Gasteiger partial charge in [0, 0.05) is 25.0 Å². The number of likely N-dealkylation sites (N-methyl/N-ethyl adjacent to an activating group) is 1. The van der Waals surface area contributed by atoms with E-state index in [9.17, 15) is 14.4 Å². The van der Waals surface area contributed by atoms with Crippen molar-refractivity contribution in [3.63, 3.8) is 0 Å². The predicted octanol–water partition coefficient (Wildman–Crippen LogP) is -0.938. The van der Waals surface area contributed by atoms with E-state index in [-0.39, 0.29) is 24.6 Å². The molecule has 1 aromatic rings. The maximum Gasteiger partial charge on any atom is 0.325 e. The monoisotopic (exact) mass is 253 g/mol. The van der Waals surface area contributed by atoms with Crippen molar-refractivity contribution in [2.45, 2.75) is 6.54 Å². The Balaban J connectivity index is 2.72.